The summed E-state index contributed by atoms with van der Waals surface area (Å²) in [4.78, 5) is 1.26. The quantitative estimate of drug-likeness (QED) is 0.859. The third-order valence-corrected chi connectivity index (χ3v) is 5.23. The summed E-state index contributed by atoms with van der Waals surface area (Å²) in [5.74, 6) is 0. The van der Waals surface area contributed by atoms with Crippen LogP contribution in [0.4, 0.5) is 0 Å². The predicted molar refractivity (Wildman–Crippen MR) is 79.0 cm³/mol. The van der Waals surface area contributed by atoms with E-state index in [2.05, 4.69) is 51.6 Å². The summed E-state index contributed by atoms with van der Waals surface area (Å²) in [6.45, 7) is 0. The fraction of sp³-hybridized carbons (Fsp3) is 0.231. The third kappa shape index (κ3) is 3.32. The van der Waals surface area contributed by atoms with E-state index in [1.807, 2.05) is 13.1 Å². The maximum atomic E-state index is 6.08. The predicted octanol–water partition coefficient (Wildman–Crippen LogP) is 4.67. The van der Waals surface area contributed by atoms with E-state index < -0.39 is 0 Å². The minimum Gasteiger partial charge on any atom is -0.312 e. The normalized spacial score (nSPS) is 12.6. The van der Waals surface area contributed by atoms with E-state index >= 15 is 0 Å². The second-order valence-electron chi connectivity index (χ2n) is 3.80. The van der Waals surface area contributed by atoms with E-state index in [4.69, 9.17) is 11.6 Å². The first-order valence-corrected chi connectivity index (χ1v) is 7.35. The van der Waals surface area contributed by atoms with Crippen LogP contribution in [0.15, 0.2) is 40.9 Å². The summed E-state index contributed by atoms with van der Waals surface area (Å²) in [6, 6.07) is 12.9. The van der Waals surface area contributed by atoms with E-state index in [0.717, 1.165) is 15.2 Å². The molecular weight excluding hydrogens is 318 g/mol. The van der Waals surface area contributed by atoms with Crippen molar-refractivity contribution in [2.75, 3.05) is 7.05 Å². The van der Waals surface area contributed by atoms with E-state index in [1.165, 1.54) is 10.4 Å². The summed E-state index contributed by atoms with van der Waals surface area (Å²) < 4.78 is 1.79. The Morgan fingerprint density at radius 2 is 2.06 bits per heavy atom. The lowest BCUT2D eigenvalue weighted by Gasteiger charge is -2.14. The highest BCUT2D eigenvalue weighted by atomic mass is 79.9. The van der Waals surface area contributed by atoms with Gasteiger partial charge < -0.3 is 5.32 Å². The maximum absolute atomic E-state index is 6.08. The first-order valence-electron chi connectivity index (χ1n) is 5.36. The third-order valence-electron chi connectivity index (χ3n) is 2.64. The average Bonchev–Trinajstić information content (AvgIpc) is 2.68. The summed E-state index contributed by atoms with van der Waals surface area (Å²) in [6.07, 6.45) is 0.973. The highest BCUT2D eigenvalue weighted by Crippen LogP contribution is 2.36. The molecule has 1 aromatic heterocycles. The molecule has 0 saturated carbocycles. The molecule has 2 aromatic rings. The van der Waals surface area contributed by atoms with Crippen molar-refractivity contribution in [1.29, 1.82) is 0 Å². The van der Waals surface area contributed by atoms with Gasteiger partial charge >= 0.3 is 0 Å². The molecule has 17 heavy (non-hydrogen) atoms. The minimum atomic E-state index is 0.311. The van der Waals surface area contributed by atoms with E-state index in [9.17, 15) is 0 Å². The first kappa shape index (κ1) is 13.1. The summed E-state index contributed by atoms with van der Waals surface area (Å²) >= 11 is 11.1. The van der Waals surface area contributed by atoms with Gasteiger partial charge in [-0.05, 0) is 41.0 Å². The Morgan fingerprint density at radius 3 is 2.59 bits per heavy atom. The highest BCUT2D eigenvalue weighted by molar-refractivity contribution is 9.10. The number of rotatable bonds is 4. The second-order valence-corrected chi connectivity index (χ2v) is 6.34. The van der Waals surface area contributed by atoms with Crippen LogP contribution >= 0.6 is 38.9 Å². The minimum absolute atomic E-state index is 0.311. The molecule has 1 heterocycles. The van der Waals surface area contributed by atoms with Crippen LogP contribution in [0.5, 0.6) is 0 Å². The van der Waals surface area contributed by atoms with Crippen LogP contribution < -0.4 is 5.32 Å². The van der Waals surface area contributed by atoms with Crippen molar-refractivity contribution in [3.05, 3.63) is 55.6 Å². The molecule has 0 radical (unpaired) electrons. The molecule has 4 heteroatoms. The molecule has 1 atom stereocenters. The number of hydrogen-bond donors (Lipinski definition) is 1. The van der Waals surface area contributed by atoms with Crippen molar-refractivity contribution in [1.82, 2.24) is 5.32 Å². The van der Waals surface area contributed by atoms with Crippen molar-refractivity contribution in [3.63, 3.8) is 0 Å². The number of halogens is 2. The number of likely N-dealkylation sites (N-methyl/N-ethyl adjacent to an activating group) is 1. The Bertz CT molecular complexity index is 464. The van der Waals surface area contributed by atoms with Crippen LogP contribution in [0.3, 0.4) is 0 Å². The van der Waals surface area contributed by atoms with Crippen molar-refractivity contribution in [2.45, 2.75) is 12.5 Å². The van der Waals surface area contributed by atoms with Gasteiger partial charge in [-0.15, -0.1) is 11.3 Å². The Balaban J connectivity index is 2.17. The molecule has 0 spiro atoms. The largest absolute Gasteiger partial charge is 0.312 e. The SMILES string of the molecule is CNC(Cc1ccccc1)c1cc(Br)c(Cl)s1. The van der Waals surface area contributed by atoms with Gasteiger partial charge in [-0.25, -0.2) is 0 Å². The Hall–Kier alpha value is -0.350. The maximum Gasteiger partial charge on any atom is 0.107 e. The Kier molecular flexibility index (Phi) is 4.62. The average molecular weight is 331 g/mol. The Labute approximate surface area is 119 Å². The van der Waals surface area contributed by atoms with E-state index in [-0.39, 0.29) is 0 Å². The van der Waals surface area contributed by atoms with E-state index in [0.29, 0.717) is 6.04 Å². The fourth-order valence-corrected chi connectivity index (χ4v) is 3.58. The standard InChI is InChI=1S/C13H13BrClNS/c1-16-11(7-9-5-3-2-4-6-9)12-8-10(14)13(15)17-12/h2-6,8,11,16H,7H2,1H3. The van der Waals surface area contributed by atoms with Gasteiger partial charge in [-0.3, -0.25) is 0 Å². The zero-order valence-electron chi connectivity index (χ0n) is 9.41. The molecule has 1 N–H and O–H groups in total. The van der Waals surface area contributed by atoms with Gasteiger partial charge in [0.15, 0.2) is 0 Å². The number of hydrogen-bond acceptors (Lipinski definition) is 2. The van der Waals surface area contributed by atoms with Crippen LogP contribution in [-0.2, 0) is 6.42 Å². The molecule has 0 aliphatic carbocycles. The van der Waals surface area contributed by atoms with Gasteiger partial charge in [-0.2, -0.15) is 0 Å². The van der Waals surface area contributed by atoms with Gasteiger partial charge in [0.25, 0.3) is 0 Å². The molecule has 0 aliphatic rings. The van der Waals surface area contributed by atoms with Crippen molar-refractivity contribution in [3.8, 4) is 0 Å². The fourth-order valence-electron chi connectivity index (χ4n) is 1.73. The van der Waals surface area contributed by atoms with Crippen LogP contribution in [0.2, 0.25) is 4.34 Å². The summed E-state index contributed by atoms with van der Waals surface area (Å²) in [5.41, 5.74) is 1.33. The molecule has 2 rings (SSSR count). The van der Waals surface area contributed by atoms with Gasteiger partial charge in [0.05, 0.1) is 0 Å². The topological polar surface area (TPSA) is 12.0 Å². The van der Waals surface area contributed by atoms with Crippen molar-refractivity contribution in [2.24, 2.45) is 0 Å². The lowest BCUT2D eigenvalue weighted by atomic mass is 10.1. The molecular formula is C13H13BrClNS. The molecule has 1 aromatic carbocycles. The van der Waals surface area contributed by atoms with E-state index in [1.54, 1.807) is 11.3 Å². The van der Waals surface area contributed by atoms with Crippen LogP contribution in [0.25, 0.3) is 0 Å². The van der Waals surface area contributed by atoms with Crippen LogP contribution in [0.1, 0.15) is 16.5 Å². The molecule has 0 aliphatic heterocycles. The molecule has 0 amide bonds. The van der Waals surface area contributed by atoms with Gasteiger partial charge in [0.2, 0.25) is 0 Å². The zero-order chi connectivity index (χ0) is 12.3. The summed E-state index contributed by atoms with van der Waals surface area (Å²) in [5, 5.41) is 3.34. The molecule has 0 fully saturated rings. The van der Waals surface area contributed by atoms with Crippen molar-refractivity contribution < 1.29 is 0 Å². The lowest BCUT2D eigenvalue weighted by Crippen LogP contribution is -2.17. The highest BCUT2D eigenvalue weighted by Gasteiger charge is 2.14. The first-order chi connectivity index (χ1) is 8.20. The second kappa shape index (κ2) is 6.01. The molecule has 1 unspecified atom stereocenters. The van der Waals surface area contributed by atoms with Crippen LogP contribution in [0, 0.1) is 0 Å². The smallest absolute Gasteiger partial charge is 0.107 e. The van der Waals surface area contributed by atoms with Gasteiger partial charge in [0.1, 0.15) is 4.34 Å². The molecule has 1 nitrogen and oxygen atoms in total. The molecule has 0 bridgehead atoms. The zero-order valence-corrected chi connectivity index (χ0v) is 12.6. The number of thiophene rings is 1. The van der Waals surface area contributed by atoms with Crippen LogP contribution in [-0.4, -0.2) is 7.05 Å². The van der Waals surface area contributed by atoms with Gasteiger partial charge in [0, 0.05) is 15.4 Å². The number of nitrogens with one attached hydrogen (secondary N) is 1. The number of benzene rings is 1. The summed E-state index contributed by atoms with van der Waals surface area (Å²) in [7, 11) is 1.98. The Morgan fingerprint density at radius 1 is 1.35 bits per heavy atom. The lowest BCUT2D eigenvalue weighted by molar-refractivity contribution is 0.602. The molecule has 90 valence electrons. The van der Waals surface area contributed by atoms with Crippen molar-refractivity contribution >= 4 is 38.9 Å². The monoisotopic (exact) mass is 329 g/mol. The molecule has 0 saturated heterocycles. The van der Waals surface area contributed by atoms with Gasteiger partial charge in [-0.1, -0.05) is 41.9 Å².